The van der Waals surface area contributed by atoms with E-state index in [1.165, 1.54) is 0 Å². The minimum absolute atomic E-state index is 0.00656. The molecule has 1 rings (SSSR count). The summed E-state index contributed by atoms with van der Waals surface area (Å²) in [5, 5.41) is 9.73. The van der Waals surface area contributed by atoms with Crippen LogP contribution < -0.4 is 21.3 Å². The Morgan fingerprint density at radius 1 is 0.805 bits per heavy atom. The second kappa shape index (κ2) is 21.1. The number of nitrogens with zero attached hydrogens (tertiary/aromatic N) is 1. The van der Waals surface area contributed by atoms with Gasteiger partial charge in [0.1, 0.15) is 0 Å². The lowest BCUT2D eigenvalue weighted by Gasteiger charge is -2.15. The lowest BCUT2D eigenvalue weighted by Crippen LogP contribution is -2.44. The number of methoxy groups -OCH3 is 1. The van der Waals surface area contributed by atoms with Crippen LogP contribution in [0.5, 0.6) is 0 Å². The average molecular weight is 610 g/mol. The third-order valence-electron chi connectivity index (χ3n) is 5.71. The van der Waals surface area contributed by atoms with Crippen molar-refractivity contribution in [3.05, 3.63) is 0 Å². The van der Waals surface area contributed by atoms with E-state index in [2.05, 4.69) is 25.8 Å². The standard InChI is InChI=1S/C24H44N5O11P/c1-37-19-7-9-29(18-19)24(34)6-4-3-5-20(30)26-16-22(32)28-17-23(33)27-15-21(31)25-8-10-38-11-12-39-13-14-40-41(2,35)36/h19H,3-18H2,1-2H3,(H,25,31)(H,26,30)(H,27,33)(H,28,32)(H,35,36). The second-order valence-electron chi connectivity index (χ2n) is 9.23. The predicted molar refractivity (Wildman–Crippen MR) is 146 cm³/mol. The van der Waals surface area contributed by atoms with Gasteiger partial charge in [-0.2, -0.15) is 0 Å². The van der Waals surface area contributed by atoms with Crippen LogP contribution in [0.15, 0.2) is 0 Å². The molecular formula is C24H44N5O11P. The largest absolute Gasteiger partial charge is 0.380 e. The van der Waals surface area contributed by atoms with Gasteiger partial charge in [-0.05, 0) is 19.3 Å². The van der Waals surface area contributed by atoms with Crippen LogP contribution in [-0.4, -0.2) is 132 Å². The van der Waals surface area contributed by atoms with Crippen molar-refractivity contribution in [2.24, 2.45) is 0 Å². The first-order valence-corrected chi connectivity index (χ1v) is 15.5. The predicted octanol–water partition coefficient (Wildman–Crippen LogP) is -1.88. The summed E-state index contributed by atoms with van der Waals surface area (Å²) in [5.74, 6) is -1.85. The lowest BCUT2D eigenvalue weighted by molar-refractivity contribution is -0.131. The van der Waals surface area contributed by atoms with E-state index < -0.39 is 25.3 Å². The molecule has 0 aliphatic carbocycles. The van der Waals surface area contributed by atoms with Gasteiger partial charge in [0.2, 0.25) is 29.5 Å². The summed E-state index contributed by atoms with van der Waals surface area (Å²) >= 11 is 0. The minimum atomic E-state index is -3.50. The maximum absolute atomic E-state index is 12.2. The molecule has 1 heterocycles. The fourth-order valence-corrected chi connectivity index (χ4v) is 3.94. The van der Waals surface area contributed by atoms with Gasteiger partial charge in [-0.3, -0.25) is 28.5 Å². The number of likely N-dealkylation sites (tertiary alicyclic amines) is 1. The summed E-state index contributed by atoms with van der Waals surface area (Å²) in [7, 11) is -1.87. The van der Waals surface area contributed by atoms with Gasteiger partial charge in [-0.25, -0.2) is 0 Å². The molecule has 0 aromatic heterocycles. The summed E-state index contributed by atoms with van der Waals surface area (Å²) in [6.45, 7) is 2.51. The van der Waals surface area contributed by atoms with E-state index in [1.807, 2.05) is 0 Å². The third kappa shape index (κ3) is 20.0. The first-order valence-electron chi connectivity index (χ1n) is 13.5. The summed E-state index contributed by atoms with van der Waals surface area (Å²) in [4.78, 5) is 70.2. The third-order valence-corrected chi connectivity index (χ3v) is 6.37. The molecule has 1 fully saturated rings. The molecule has 5 amide bonds. The molecule has 17 heteroatoms. The highest BCUT2D eigenvalue weighted by atomic mass is 31.2. The van der Waals surface area contributed by atoms with Crippen LogP contribution in [0.1, 0.15) is 32.1 Å². The van der Waals surface area contributed by atoms with E-state index in [0.717, 1.165) is 13.1 Å². The van der Waals surface area contributed by atoms with Crippen LogP contribution in [0.3, 0.4) is 0 Å². The van der Waals surface area contributed by atoms with E-state index >= 15 is 0 Å². The Kier molecular flexibility index (Phi) is 18.8. The fourth-order valence-electron chi connectivity index (χ4n) is 3.53. The molecule has 1 saturated heterocycles. The number of carbonyl (C=O) groups excluding carboxylic acids is 5. The summed E-state index contributed by atoms with van der Waals surface area (Å²) in [6, 6.07) is 0. The molecule has 2 unspecified atom stereocenters. The van der Waals surface area contributed by atoms with Crippen molar-refractivity contribution in [1.82, 2.24) is 26.2 Å². The molecule has 41 heavy (non-hydrogen) atoms. The maximum atomic E-state index is 12.2. The molecule has 0 bridgehead atoms. The van der Waals surface area contributed by atoms with Crippen molar-refractivity contribution >= 4 is 37.1 Å². The smallest absolute Gasteiger partial charge is 0.325 e. The van der Waals surface area contributed by atoms with E-state index in [-0.39, 0.29) is 83.6 Å². The molecule has 0 saturated carbocycles. The maximum Gasteiger partial charge on any atom is 0.325 e. The molecule has 0 aromatic carbocycles. The number of hydrogen-bond donors (Lipinski definition) is 5. The van der Waals surface area contributed by atoms with Gasteiger partial charge >= 0.3 is 7.60 Å². The number of hydrogen-bond acceptors (Lipinski definition) is 10. The summed E-state index contributed by atoms with van der Waals surface area (Å²) < 4.78 is 31.2. The quantitative estimate of drug-likeness (QED) is 0.0677. The van der Waals surface area contributed by atoms with Gasteiger partial charge in [0.05, 0.1) is 58.8 Å². The Bertz CT molecular complexity index is 886. The number of nitrogens with one attached hydrogen (secondary N) is 4. The molecule has 0 radical (unpaired) electrons. The van der Waals surface area contributed by atoms with Crippen LogP contribution in [0.4, 0.5) is 0 Å². The SMILES string of the molecule is COC1CCN(C(=O)CCCCC(=O)NCC(=O)NCC(=O)NCC(=O)NCCOCCOCCOP(C)(=O)O)C1. The van der Waals surface area contributed by atoms with Crippen molar-refractivity contribution in [1.29, 1.82) is 0 Å². The summed E-state index contributed by atoms with van der Waals surface area (Å²) in [6.07, 6.45) is 2.53. The number of rotatable bonds is 22. The highest BCUT2D eigenvalue weighted by molar-refractivity contribution is 7.51. The van der Waals surface area contributed by atoms with E-state index in [1.54, 1.807) is 12.0 Å². The molecule has 236 valence electrons. The highest BCUT2D eigenvalue weighted by Crippen LogP contribution is 2.35. The molecule has 1 aliphatic rings. The molecule has 0 spiro atoms. The second-order valence-corrected chi connectivity index (χ2v) is 11.1. The normalized spacial score (nSPS) is 16.1. The fraction of sp³-hybridized carbons (Fsp3) is 0.792. The first kappa shape index (κ1) is 36.4. The van der Waals surface area contributed by atoms with Gasteiger partial charge in [0.15, 0.2) is 0 Å². The number of ether oxygens (including phenoxy) is 3. The van der Waals surface area contributed by atoms with Crippen LogP contribution in [0, 0.1) is 0 Å². The zero-order valence-corrected chi connectivity index (χ0v) is 24.7. The molecular weight excluding hydrogens is 565 g/mol. The Morgan fingerprint density at radius 3 is 1.93 bits per heavy atom. The Hall–Kier alpha value is -2.62. The van der Waals surface area contributed by atoms with Crippen LogP contribution in [0.2, 0.25) is 0 Å². The van der Waals surface area contributed by atoms with Gasteiger partial charge in [-0.15, -0.1) is 0 Å². The van der Waals surface area contributed by atoms with Gasteiger partial charge in [0, 0.05) is 46.3 Å². The zero-order chi connectivity index (χ0) is 30.5. The van der Waals surface area contributed by atoms with Crippen molar-refractivity contribution in [2.75, 3.05) is 86.1 Å². The molecule has 2 atom stereocenters. The Morgan fingerprint density at radius 2 is 1.34 bits per heavy atom. The molecule has 1 aliphatic heterocycles. The van der Waals surface area contributed by atoms with Crippen molar-refractivity contribution in [3.8, 4) is 0 Å². The van der Waals surface area contributed by atoms with Gasteiger partial charge < -0.3 is 49.8 Å². The summed E-state index contributed by atoms with van der Waals surface area (Å²) in [5.41, 5.74) is 0. The monoisotopic (exact) mass is 609 g/mol. The molecule has 16 nitrogen and oxygen atoms in total. The zero-order valence-electron chi connectivity index (χ0n) is 23.8. The van der Waals surface area contributed by atoms with E-state index in [9.17, 15) is 28.5 Å². The van der Waals surface area contributed by atoms with Crippen molar-refractivity contribution in [2.45, 2.75) is 38.2 Å². The Labute approximate surface area is 240 Å². The van der Waals surface area contributed by atoms with E-state index in [0.29, 0.717) is 32.4 Å². The molecule has 5 N–H and O–H groups in total. The van der Waals surface area contributed by atoms with E-state index in [4.69, 9.17) is 19.1 Å². The molecule has 0 aromatic rings. The number of amides is 5. The van der Waals surface area contributed by atoms with Crippen LogP contribution in [0.25, 0.3) is 0 Å². The number of unbranched alkanes of at least 4 members (excludes halogenated alkanes) is 1. The van der Waals surface area contributed by atoms with Crippen molar-refractivity contribution in [3.63, 3.8) is 0 Å². The first-order chi connectivity index (χ1) is 19.5. The topological polar surface area (TPSA) is 211 Å². The van der Waals surface area contributed by atoms with Crippen LogP contribution in [-0.2, 0) is 47.3 Å². The highest BCUT2D eigenvalue weighted by Gasteiger charge is 2.25. The van der Waals surface area contributed by atoms with Gasteiger partial charge in [0.25, 0.3) is 0 Å². The average Bonchev–Trinajstić information content (AvgIpc) is 3.42. The van der Waals surface area contributed by atoms with Crippen molar-refractivity contribution < 1.29 is 52.2 Å². The lowest BCUT2D eigenvalue weighted by atomic mass is 10.1. The number of carbonyl (C=O) groups is 5. The minimum Gasteiger partial charge on any atom is -0.380 e. The Balaban J connectivity index is 1.96. The van der Waals surface area contributed by atoms with Gasteiger partial charge in [-0.1, -0.05) is 0 Å². The van der Waals surface area contributed by atoms with Crippen LogP contribution >= 0.6 is 7.60 Å².